The monoisotopic (exact) mass is 248 g/mol. The van der Waals surface area contributed by atoms with Crippen molar-refractivity contribution in [2.75, 3.05) is 6.61 Å². The molecule has 2 fully saturated rings. The second-order valence-corrected chi connectivity index (χ2v) is 6.24. The van der Waals surface area contributed by atoms with Crippen LogP contribution in [0.4, 0.5) is 0 Å². The van der Waals surface area contributed by atoms with Crippen LogP contribution in [-0.2, 0) is 9.53 Å². The molecule has 0 amide bonds. The molecule has 4 atom stereocenters. The van der Waals surface area contributed by atoms with E-state index in [-0.39, 0.29) is 12.5 Å². The van der Waals surface area contributed by atoms with Gasteiger partial charge in [0.2, 0.25) is 0 Å². The van der Waals surface area contributed by atoms with Crippen LogP contribution in [0.3, 0.4) is 0 Å². The lowest BCUT2D eigenvalue weighted by Gasteiger charge is -2.53. The second-order valence-electron chi connectivity index (χ2n) is 6.24. The molecule has 98 valence electrons. The Balaban J connectivity index is 2.12. The Morgan fingerprint density at radius 3 is 3.00 bits per heavy atom. The maximum absolute atomic E-state index is 12.0. The zero-order valence-electron chi connectivity index (χ0n) is 11.0. The maximum Gasteiger partial charge on any atom is 0.343 e. The third-order valence-electron chi connectivity index (χ3n) is 5.49. The quantitative estimate of drug-likeness (QED) is 0.528. The number of cyclic esters (lactones) is 1. The Kier molecular flexibility index (Phi) is 2.31. The van der Waals surface area contributed by atoms with Crippen LogP contribution in [0.15, 0.2) is 23.8 Å². The van der Waals surface area contributed by atoms with Gasteiger partial charge in [0.1, 0.15) is 6.61 Å². The fourth-order valence-electron chi connectivity index (χ4n) is 4.02. The minimum atomic E-state index is -1.42. The summed E-state index contributed by atoms with van der Waals surface area (Å²) in [5.41, 5.74) is 0.0635. The van der Waals surface area contributed by atoms with Crippen molar-refractivity contribution >= 4 is 5.97 Å². The Morgan fingerprint density at radius 2 is 2.28 bits per heavy atom. The zero-order valence-corrected chi connectivity index (χ0v) is 11.0. The van der Waals surface area contributed by atoms with Crippen LogP contribution in [-0.4, -0.2) is 23.3 Å². The lowest BCUT2D eigenvalue weighted by Crippen LogP contribution is -2.58. The highest BCUT2D eigenvalue weighted by Crippen LogP contribution is 2.59. The van der Waals surface area contributed by atoms with Crippen LogP contribution in [0.5, 0.6) is 0 Å². The minimum absolute atomic E-state index is 0.181. The first-order valence-electron chi connectivity index (χ1n) is 6.69. The van der Waals surface area contributed by atoms with Gasteiger partial charge in [-0.05, 0) is 31.1 Å². The summed E-state index contributed by atoms with van der Waals surface area (Å²) in [5, 5.41) is 11.0. The molecular formula is C15H20O3. The molecule has 1 N–H and O–H groups in total. The van der Waals surface area contributed by atoms with E-state index in [1.165, 1.54) is 5.57 Å². The lowest BCUT2D eigenvalue weighted by molar-refractivity contribution is -0.169. The molecule has 0 bridgehead atoms. The third-order valence-corrected chi connectivity index (χ3v) is 5.49. The molecule has 3 aliphatic rings. The molecule has 0 spiro atoms. The first-order valence-corrected chi connectivity index (χ1v) is 6.69. The van der Waals surface area contributed by atoms with Crippen molar-refractivity contribution in [1.29, 1.82) is 0 Å². The van der Waals surface area contributed by atoms with E-state index in [4.69, 9.17) is 4.74 Å². The van der Waals surface area contributed by atoms with Gasteiger partial charge in [-0.2, -0.15) is 0 Å². The van der Waals surface area contributed by atoms with Gasteiger partial charge in [0, 0.05) is 11.0 Å². The van der Waals surface area contributed by atoms with Crippen molar-refractivity contribution in [2.24, 2.45) is 17.3 Å². The number of esters is 1. The van der Waals surface area contributed by atoms with Gasteiger partial charge in [0.25, 0.3) is 0 Å². The van der Waals surface area contributed by atoms with Crippen LogP contribution >= 0.6 is 0 Å². The SMILES string of the molecule is C=C1C2CC=C3COC(=O)[C@]3(O)[C@@]2(C)CC[C@@H]1C. The van der Waals surface area contributed by atoms with E-state index in [0.717, 1.165) is 24.8 Å². The van der Waals surface area contributed by atoms with Crippen LogP contribution < -0.4 is 0 Å². The Labute approximate surface area is 108 Å². The molecule has 0 radical (unpaired) electrons. The first kappa shape index (κ1) is 12.0. The molecule has 3 heteroatoms. The highest BCUT2D eigenvalue weighted by atomic mass is 16.6. The molecular weight excluding hydrogens is 228 g/mol. The topological polar surface area (TPSA) is 46.5 Å². The van der Waals surface area contributed by atoms with Crippen molar-refractivity contribution in [3.05, 3.63) is 23.8 Å². The summed E-state index contributed by atoms with van der Waals surface area (Å²) >= 11 is 0. The molecule has 18 heavy (non-hydrogen) atoms. The molecule has 2 aliphatic carbocycles. The molecule has 1 heterocycles. The number of carbonyl (C=O) groups is 1. The van der Waals surface area contributed by atoms with Gasteiger partial charge in [-0.3, -0.25) is 0 Å². The van der Waals surface area contributed by atoms with Crippen LogP contribution in [0.2, 0.25) is 0 Å². The number of rotatable bonds is 0. The summed E-state index contributed by atoms with van der Waals surface area (Å²) in [4.78, 5) is 12.0. The van der Waals surface area contributed by atoms with Gasteiger partial charge in [0.05, 0.1) is 0 Å². The number of hydrogen-bond acceptors (Lipinski definition) is 3. The molecule has 3 rings (SSSR count). The zero-order chi connectivity index (χ0) is 13.1. The molecule has 1 saturated heterocycles. The number of ether oxygens (including phenoxy) is 1. The summed E-state index contributed by atoms with van der Waals surface area (Å²) in [6.07, 6.45) is 4.68. The van der Waals surface area contributed by atoms with E-state index in [0.29, 0.717) is 5.92 Å². The number of aliphatic hydroxyl groups is 1. The number of carbonyl (C=O) groups excluding carboxylic acids is 1. The van der Waals surface area contributed by atoms with Gasteiger partial charge in [-0.15, -0.1) is 0 Å². The Morgan fingerprint density at radius 1 is 1.56 bits per heavy atom. The van der Waals surface area contributed by atoms with E-state index in [2.05, 4.69) is 13.5 Å². The normalized spacial score (nSPS) is 47.2. The fourth-order valence-corrected chi connectivity index (χ4v) is 4.02. The van der Waals surface area contributed by atoms with Crippen LogP contribution in [0, 0.1) is 17.3 Å². The van der Waals surface area contributed by atoms with E-state index in [1.807, 2.05) is 13.0 Å². The predicted octanol–water partition coefficient (Wildman–Crippen LogP) is 2.21. The van der Waals surface area contributed by atoms with Crippen LogP contribution in [0.25, 0.3) is 0 Å². The Hall–Kier alpha value is -1.09. The van der Waals surface area contributed by atoms with Crippen molar-refractivity contribution in [3.63, 3.8) is 0 Å². The molecule has 1 saturated carbocycles. The maximum atomic E-state index is 12.0. The average Bonchev–Trinajstić information content (AvgIpc) is 2.64. The largest absolute Gasteiger partial charge is 0.459 e. The summed E-state index contributed by atoms with van der Waals surface area (Å²) in [6, 6.07) is 0. The van der Waals surface area contributed by atoms with Crippen molar-refractivity contribution < 1.29 is 14.6 Å². The minimum Gasteiger partial charge on any atom is -0.459 e. The molecule has 0 aromatic heterocycles. The Bertz CT molecular complexity index is 464. The highest BCUT2D eigenvalue weighted by Gasteiger charge is 2.65. The van der Waals surface area contributed by atoms with E-state index in [1.54, 1.807) is 0 Å². The summed E-state index contributed by atoms with van der Waals surface area (Å²) in [7, 11) is 0. The summed E-state index contributed by atoms with van der Waals surface area (Å²) in [6.45, 7) is 8.65. The summed E-state index contributed by atoms with van der Waals surface area (Å²) < 4.78 is 5.09. The van der Waals surface area contributed by atoms with Gasteiger partial charge in [-0.1, -0.05) is 32.1 Å². The van der Waals surface area contributed by atoms with E-state index in [9.17, 15) is 9.90 Å². The lowest BCUT2D eigenvalue weighted by atomic mass is 9.51. The van der Waals surface area contributed by atoms with Crippen LogP contribution in [0.1, 0.15) is 33.1 Å². The molecule has 0 aromatic rings. The smallest absolute Gasteiger partial charge is 0.343 e. The molecule has 0 aromatic carbocycles. The van der Waals surface area contributed by atoms with Gasteiger partial charge in [-0.25, -0.2) is 4.79 Å². The van der Waals surface area contributed by atoms with Gasteiger partial charge in [0.15, 0.2) is 5.60 Å². The molecule has 1 aliphatic heterocycles. The van der Waals surface area contributed by atoms with Gasteiger partial charge >= 0.3 is 5.97 Å². The standard InChI is InChI=1S/C15H20O3/c1-9-6-7-14(3)12(10(9)2)5-4-11-8-18-13(16)15(11,14)17/h4,9,12,17H,2,5-8H2,1,3H3/t9-,12?,14-,15-/m0/s1. The van der Waals surface area contributed by atoms with Crippen molar-refractivity contribution in [1.82, 2.24) is 0 Å². The predicted molar refractivity (Wildman–Crippen MR) is 67.7 cm³/mol. The van der Waals surface area contributed by atoms with Gasteiger partial charge < -0.3 is 9.84 Å². The van der Waals surface area contributed by atoms with Crippen molar-refractivity contribution in [2.45, 2.75) is 38.7 Å². The van der Waals surface area contributed by atoms with Crippen molar-refractivity contribution in [3.8, 4) is 0 Å². The average molecular weight is 248 g/mol. The first-order chi connectivity index (χ1) is 8.41. The highest BCUT2D eigenvalue weighted by molar-refractivity contribution is 5.88. The number of fused-ring (bicyclic) bond motifs is 3. The van der Waals surface area contributed by atoms with E-state index < -0.39 is 17.0 Å². The number of hydrogen-bond donors (Lipinski definition) is 1. The number of allylic oxidation sites excluding steroid dienone is 2. The van der Waals surface area contributed by atoms with E-state index >= 15 is 0 Å². The third kappa shape index (κ3) is 1.16. The summed E-state index contributed by atoms with van der Waals surface area (Å²) in [5.74, 6) is 0.183. The second kappa shape index (κ2) is 3.47. The molecule has 1 unspecified atom stereocenters. The fraction of sp³-hybridized carbons (Fsp3) is 0.667. The molecule has 3 nitrogen and oxygen atoms in total.